The molecule has 2 aromatic rings. The molecule has 116 valence electrons. The predicted octanol–water partition coefficient (Wildman–Crippen LogP) is 2.53. The highest BCUT2D eigenvalue weighted by molar-refractivity contribution is 5.60. The SMILES string of the molecule is COc1ccc(-c2cn(C3CN4CCC3CC4)nn2)cc1C. The molecule has 5 nitrogen and oxygen atoms in total. The molecule has 0 aliphatic carbocycles. The number of rotatable bonds is 3. The summed E-state index contributed by atoms with van der Waals surface area (Å²) in [6.07, 6.45) is 4.69. The molecule has 1 aromatic carbocycles. The van der Waals surface area contributed by atoms with Gasteiger partial charge in [-0.15, -0.1) is 5.10 Å². The Balaban J connectivity index is 1.60. The van der Waals surface area contributed by atoms with Crippen LogP contribution >= 0.6 is 0 Å². The quantitative estimate of drug-likeness (QED) is 0.873. The zero-order valence-electron chi connectivity index (χ0n) is 13.2. The number of hydrogen-bond donors (Lipinski definition) is 0. The van der Waals surface area contributed by atoms with E-state index >= 15 is 0 Å². The van der Waals surface area contributed by atoms with Crippen LogP contribution in [0.25, 0.3) is 11.3 Å². The zero-order chi connectivity index (χ0) is 15.1. The van der Waals surface area contributed by atoms with Crippen LogP contribution in [-0.2, 0) is 0 Å². The van der Waals surface area contributed by atoms with E-state index in [2.05, 4.69) is 45.1 Å². The molecule has 1 aromatic heterocycles. The van der Waals surface area contributed by atoms with Gasteiger partial charge in [0.15, 0.2) is 0 Å². The molecule has 1 unspecified atom stereocenters. The van der Waals surface area contributed by atoms with Crippen molar-refractivity contribution in [2.75, 3.05) is 26.7 Å². The van der Waals surface area contributed by atoms with Gasteiger partial charge in [0.05, 0.1) is 19.3 Å². The summed E-state index contributed by atoms with van der Waals surface area (Å²) in [6, 6.07) is 6.65. The summed E-state index contributed by atoms with van der Waals surface area (Å²) >= 11 is 0. The minimum atomic E-state index is 0.489. The number of nitrogens with zero attached hydrogens (tertiary/aromatic N) is 4. The van der Waals surface area contributed by atoms with Crippen molar-refractivity contribution in [1.82, 2.24) is 19.9 Å². The van der Waals surface area contributed by atoms with Gasteiger partial charge in [-0.05, 0) is 62.5 Å². The average Bonchev–Trinajstić information content (AvgIpc) is 3.06. The van der Waals surface area contributed by atoms with Gasteiger partial charge in [0.1, 0.15) is 11.4 Å². The number of piperidine rings is 3. The van der Waals surface area contributed by atoms with Gasteiger partial charge < -0.3 is 9.64 Å². The van der Waals surface area contributed by atoms with Crippen molar-refractivity contribution in [2.45, 2.75) is 25.8 Å². The third-order valence-corrected chi connectivity index (χ3v) is 5.16. The highest BCUT2D eigenvalue weighted by Crippen LogP contribution is 2.35. The monoisotopic (exact) mass is 298 g/mol. The first kappa shape index (κ1) is 13.8. The van der Waals surface area contributed by atoms with E-state index in [0.29, 0.717) is 6.04 Å². The van der Waals surface area contributed by atoms with Crippen LogP contribution in [0.1, 0.15) is 24.4 Å². The number of fused-ring (bicyclic) bond motifs is 3. The van der Waals surface area contributed by atoms with E-state index in [1.807, 2.05) is 6.07 Å². The van der Waals surface area contributed by atoms with Crippen molar-refractivity contribution in [1.29, 1.82) is 0 Å². The Labute approximate surface area is 130 Å². The number of benzene rings is 1. The number of ether oxygens (including phenoxy) is 1. The molecular weight excluding hydrogens is 276 g/mol. The molecule has 0 N–H and O–H groups in total. The highest BCUT2D eigenvalue weighted by atomic mass is 16.5. The molecule has 0 spiro atoms. The molecule has 3 aliphatic heterocycles. The number of hydrogen-bond acceptors (Lipinski definition) is 4. The summed E-state index contributed by atoms with van der Waals surface area (Å²) in [7, 11) is 1.70. The second kappa shape index (κ2) is 5.39. The van der Waals surface area contributed by atoms with Gasteiger partial charge in [0.25, 0.3) is 0 Å². The van der Waals surface area contributed by atoms with Crippen LogP contribution in [0, 0.1) is 12.8 Å². The maximum atomic E-state index is 5.32. The first-order valence-electron chi connectivity index (χ1n) is 8.04. The minimum absolute atomic E-state index is 0.489. The molecule has 3 saturated heterocycles. The van der Waals surface area contributed by atoms with E-state index in [1.165, 1.54) is 25.9 Å². The molecular formula is C17H22N4O. The van der Waals surface area contributed by atoms with E-state index in [1.54, 1.807) is 7.11 Å². The first-order chi connectivity index (χ1) is 10.7. The maximum absolute atomic E-state index is 5.32. The van der Waals surface area contributed by atoms with Gasteiger partial charge in [-0.3, -0.25) is 0 Å². The lowest BCUT2D eigenvalue weighted by molar-refractivity contribution is 0.0504. The third kappa shape index (κ3) is 2.29. The lowest BCUT2D eigenvalue weighted by atomic mass is 9.84. The number of aryl methyl sites for hydroxylation is 1. The fourth-order valence-electron chi connectivity index (χ4n) is 3.84. The van der Waals surface area contributed by atoms with Crippen molar-refractivity contribution in [2.24, 2.45) is 5.92 Å². The van der Waals surface area contributed by atoms with E-state index in [0.717, 1.165) is 35.0 Å². The summed E-state index contributed by atoms with van der Waals surface area (Å²) in [6.45, 7) is 5.68. The molecule has 3 aliphatic rings. The van der Waals surface area contributed by atoms with Crippen LogP contribution in [0.2, 0.25) is 0 Å². The van der Waals surface area contributed by atoms with Crippen molar-refractivity contribution in [3.63, 3.8) is 0 Å². The predicted molar refractivity (Wildman–Crippen MR) is 84.9 cm³/mol. The normalized spacial score (nSPS) is 27.1. The third-order valence-electron chi connectivity index (χ3n) is 5.16. The topological polar surface area (TPSA) is 43.2 Å². The van der Waals surface area contributed by atoms with E-state index in [9.17, 15) is 0 Å². The standard InChI is InChI=1S/C17H22N4O/c1-12-9-14(3-4-17(12)22-2)15-10-21(19-18-15)16-11-20-7-5-13(16)6-8-20/h3-4,9-10,13,16H,5-8,11H2,1-2H3. The van der Waals surface area contributed by atoms with Crippen LogP contribution in [0.4, 0.5) is 0 Å². The molecule has 4 heterocycles. The smallest absolute Gasteiger partial charge is 0.121 e. The summed E-state index contributed by atoms with van der Waals surface area (Å²) in [5.41, 5.74) is 3.17. The van der Waals surface area contributed by atoms with Gasteiger partial charge in [-0.25, -0.2) is 4.68 Å². The van der Waals surface area contributed by atoms with Crippen molar-refractivity contribution < 1.29 is 4.74 Å². The van der Waals surface area contributed by atoms with Crippen LogP contribution < -0.4 is 4.74 Å². The van der Waals surface area contributed by atoms with Gasteiger partial charge in [-0.1, -0.05) is 5.21 Å². The second-order valence-corrected chi connectivity index (χ2v) is 6.47. The van der Waals surface area contributed by atoms with Crippen LogP contribution in [0.5, 0.6) is 5.75 Å². The summed E-state index contributed by atoms with van der Waals surface area (Å²) in [4.78, 5) is 2.55. The van der Waals surface area contributed by atoms with Crippen LogP contribution in [0.3, 0.4) is 0 Å². The fraction of sp³-hybridized carbons (Fsp3) is 0.529. The van der Waals surface area contributed by atoms with E-state index < -0.39 is 0 Å². The first-order valence-corrected chi connectivity index (χ1v) is 8.04. The Morgan fingerprint density at radius 2 is 2.05 bits per heavy atom. The van der Waals surface area contributed by atoms with Gasteiger partial charge in [0.2, 0.25) is 0 Å². The Morgan fingerprint density at radius 3 is 2.68 bits per heavy atom. The Hall–Kier alpha value is -1.88. The average molecular weight is 298 g/mol. The van der Waals surface area contributed by atoms with Crippen LogP contribution in [-0.4, -0.2) is 46.6 Å². The van der Waals surface area contributed by atoms with Gasteiger partial charge >= 0.3 is 0 Å². The minimum Gasteiger partial charge on any atom is -0.496 e. The van der Waals surface area contributed by atoms with Gasteiger partial charge in [-0.2, -0.15) is 0 Å². The molecule has 0 saturated carbocycles. The van der Waals surface area contributed by atoms with Crippen LogP contribution in [0.15, 0.2) is 24.4 Å². The van der Waals surface area contributed by atoms with Gasteiger partial charge in [0, 0.05) is 12.1 Å². The molecule has 22 heavy (non-hydrogen) atoms. The molecule has 2 bridgehead atoms. The van der Waals surface area contributed by atoms with E-state index in [4.69, 9.17) is 4.74 Å². The molecule has 0 amide bonds. The van der Waals surface area contributed by atoms with E-state index in [-0.39, 0.29) is 0 Å². The fourth-order valence-corrected chi connectivity index (χ4v) is 3.84. The van der Waals surface area contributed by atoms with Crippen molar-refractivity contribution in [3.8, 4) is 17.0 Å². The number of aromatic nitrogens is 3. The van der Waals surface area contributed by atoms with Crippen molar-refractivity contribution in [3.05, 3.63) is 30.0 Å². The number of methoxy groups -OCH3 is 1. The highest BCUT2D eigenvalue weighted by Gasteiger charge is 2.35. The molecule has 1 atom stereocenters. The maximum Gasteiger partial charge on any atom is 0.121 e. The van der Waals surface area contributed by atoms with Crippen molar-refractivity contribution >= 4 is 0 Å². The Bertz CT molecular complexity index is 673. The molecule has 5 heteroatoms. The second-order valence-electron chi connectivity index (χ2n) is 6.47. The molecule has 0 radical (unpaired) electrons. The lowest BCUT2D eigenvalue weighted by Gasteiger charge is -2.44. The molecule has 3 fully saturated rings. The Morgan fingerprint density at radius 1 is 1.23 bits per heavy atom. The summed E-state index contributed by atoms with van der Waals surface area (Å²) in [5.74, 6) is 1.67. The Kier molecular flexibility index (Phi) is 3.37. The summed E-state index contributed by atoms with van der Waals surface area (Å²) in [5, 5.41) is 8.81. The largest absolute Gasteiger partial charge is 0.496 e. The zero-order valence-corrected chi connectivity index (χ0v) is 13.2. The summed E-state index contributed by atoms with van der Waals surface area (Å²) < 4.78 is 7.41. The molecule has 5 rings (SSSR count). The lowest BCUT2D eigenvalue weighted by Crippen LogP contribution is -2.48.